The number of hydrogen-bond donors (Lipinski definition) is 3. The number of carboxylic acid groups (broad SMARTS) is 1. The molecule has 3 N–H and O–H groups in total. The van der Waals surface area contributed by atoms with E-state index in [4.69, 9.17) is 4.74 Å². The molecular weight excluding hydrogens is 536 g/mol. The number of non-ortho nitro benzene ring substituents is 1. The third-order valence-corrected chi connectivity index (χ3v) is 7.88. The summed E-state index contributed by atoms with van der Waals surface area (Å²) in [4.78, 5) is 43.5. The van der Waals surface area contributed by atoms with Crippen molar-refractivity contribution in [1.29, 1.82) is 0 Å². The molecule has 224 valence electrons. The number of carbonyl (C=O) groups is 2. The number of rotatable bonds is 15. The van der Waals surface area contributed by atoms with Gasteiger partial charge >= 0.3 is 5.97 Å². The number of carbonyl (C=O) groups excluding carboxylic acids is 1. The molecule has 3 aromatic rings. The molecule has 1 fully saturated rings. The lowest BCUT2D eigenvalue weighted by atomic mass is 9.86. The maximum Gasteiger partial charge on any atom is 0.339 e. The molecular formula is C32H40N4O6. The maximum atomic E-state index is 13.1. The zero-order valence-corrected chi connectivity index (χ0v) is 24.1. The molecule has 0 bridgehead atoms. The average Bonchev–Trinajstić information content (AvgIpc) is 3.46. The number of amides is 1. The van der Waals surface area contributed by atoms with Crippen LogP contribution in [-0.2, 0) is 11.2 Å². The molecule has 2 aromatic carbocycles. The highest BCUT2D eigenvalue weighted by Gasteiger charge is 2.22. The van der Waals surface area contributed by atoms with Gasteiger partial charge in [-0.2, -0.15) is 0 Å². The molecule has 1 amide bonds. The Labute approximate surface area is 246 Å². The number of ether oxygens (including phenoxy) is 1. The van der Waals surface area contributed by atoms with E-state index >= 15 is 0 Å². The van der Waals surface area contributed by atoms with Crippen molar-refractivity contribution in [2.75, 3.05) is 6.61 Å². The minimum Gasteiger partial charge on any atom is -0.493 e. The number of aromatic carboxylic acids is 1. The Hall–Kier alpha value is -4.21. The highest BCUT2D eigenvalue weighted by atomic mass is 16.6. The number of H-pyrrole nitrogens is 1. The number of unbranched alkanes of at least 4 members (excludes halogenated alkanes) is 1. The van der Waals surface area contributed by atoms with E-state index in [-0.39, 0.29) is 17.2 Å². The Bertz CT molecular complexity index is 1350. The average molecular weight is 577 g/mol. The molecule has 4 rings (SSSR count). The van der Waals surface area contributed by atoms with E-state index in [0.29, 0.717) is 48.2 Å². The molecule has 0 radical (unpaired) electrons. The summed E-state index contributed by atoms with van der Waals surface area (Å²) in [5.41, 5.74) is 2.11. The number of carboxylic acids is 1. The van der Waals surface area contributed by atoms with Crippen molar-refractivity contribution in [3.63, 3.8) is 0 Å². The van der Waals surface area contributed by atoms with E-state index in [9.17, 15) is 24.8 Å². The summed E-state index contributed by atoms with van der Waals surface area (Å²) in [6.07, 6.45) is 12.3. The topological polar surface area (TPSA) is 147 Å². The molecule has 1 heterocycles. The molecule has 0 aliphatic heterocycles. The minimum absolute atomic E-state index is 0.00103. The Morgan fingerprint density at radius 3 is 2.60 bits per heavy atom. The summed E-state index contributed by atoms with van der Waals surface area (Å²) in [7, 11) is 0. The number of aromatic nitrogens is 2. The van der Waals surface area contributed by atoms with E-state index in [0.717, 1.165) is 31.2 Å². The van der Waals surface area contributed by atoms with Gasteiger partial charge in [-0.1, -0.05) is 51.5 Å². The van der Waals surface area contributed by atoms with Crippen LogP contribution in [0.3, 0.4) is 0 Å². The van der Waals surface area contributed by atoms with Gasteiger partial charge in [0, 0.05) is 30.5 Å². The first-order chi connectivity index (χ1) is 20.3. The van der Waals surface area contributed by atoms with Crippen molar-refractivity contribution in [2.24, 2.45) is 5.92 Å². The van der Waals surface area contributed by atoms with E-state index in [1.165, 1.54) is 44.2 Å². The lowest BCUT2D eigenvalue weighted by Gasteiger charge is -2.22. The van der Waals surface area contributed by atoms with Crippen LogP contribution in [0, 0.1) is 16.0 Å². The lowest BCUT2D eigenvalue weighted by molar-refractivity contribution is -0.384. The molecule has 42 heavy (non-hydrogen) atoms. The van der Waals surface area contributed by atoms with Gasteiger partial charge < -0.3 is 20.1 Å². The first-order valence-electron chi connectivity index (χ1n) is 14.9. The van der Waals surface area contributed by atoms with Gasteiger partial charge in [-0.3, -0.25) is 14.9 Å². The number of hydrogen-bond acceptors (Lipinski definition) is 6. The standard InChI is InChI=1S/C32H40N4O6/c1-2-3-18-42-29-17-14-24(19-26(29)32(38)39)27(35-31(37)11-7-10-22-8-5-4-6-9-22)20-30-33-21-28(34-30)23-12-15-25(16-13-23)36(40)41/h12-17,19,21-22,27H,2-11,18,20H2,1H3,(H,33,34)(H,35,37)(H,38,39). The monoisotopic (exact) mass is 576 g/mol. The van der Waals surface area contributed by atoms with Gasteiger partial charge in [0.15, 0.2) is 0 Å². The van der Waals surface area contributed by atoms with E-state index in [1.807, 2.05) is 6.92 Å². The summed E-state index contributed by atoms with van der Waals surface area (Å²) in [6.45, 7) is 2.46. The lowest BCUT2D eigenvalue weighted by Crippen LogP contribution is -2.30. The van der Waals surface area contributed by atoms with Gasteiger partial charge in [0.1, 0.15) is 17.1 Å². The summed E-state index contributed by atoms with van der Waals surface area (Å²) in [6, 6.07) is 10.7. The molecule has 10 heteroatoms. The number of nitro groups is 1. The summed E-state index contributed by atoms with van der Waals surface area (Å²) in [5, 5.41) is 24.0. The summed E-state index contributed by atoms with van der Waals surface area (Å²) in [5.74, 6) is 0.408. The van der Waals surface area contributed by atoms with Crippen LogP contribution in [0.5, 0.6) is 5.75 Å². The molecule has 0 spiro atoms. The van der Waals surface area contributed by atoms with Crippen molar-refractivity contribution in [3.8, 4) is 17.0 Å². The van der Waals surface area contributed by atoms with Gasteiger partial charge in [0.25, 0.3) is 5.69 Å². The normalized spacial score (nSPS) is 14.3. The second kappa shape index (κ2) is 15.1. The zero-order chi connectivity index (χ0) is 29.9. The summed E-state index contributed by atoms with van der Waals surface area (Å²) < 4.78 is 5.73. The fraction of sp³-hybridized carbons (Fsp3) is 0.469. The fourth-order valence-electron chi connectivity index (χ4n) is 5.50. The van der Waals surface area contributed by atoms with Gasteiger partial charge in [-0.25, -0.2) is 9.78 Å². The number of nitrogens with zero attached hydrogens (tertiary/aromatic N) is 2. The molecule has 10 nitrogen and oxygen atoms in total. The molecule has 1 aliphatic rings. The number of imidazole rings is 1. The molecule has 1 aliphatic carbocycles. The van der Waals surface area contributed by atoms with Crippen molar-refractivity contribution in [2.45, 2.75) is 83.6 Å². The van der Waals surface area contributed by atoms with Crippen molar-refractivity contribution in [1.82, 2.24) is 15.3 Å². The van der Waals surface area contributed by atoms with Crippen molar-refractivity contribution >= 4 is 17.6 Å². The van der Waals surface area contributed by atoms with Crippen LogP contribution >= 0.6 is 0 Å². The quantitative estimate of drug-likeness (QED) is 0.100. The van der Waals surface area contributed by atoms with Gasteiger partial charge in [0.2, 0.25) is 5.91 Å². The van der Waals surface area contributed by atoms with Gasteiger partial charge in [-0.05, 0) is 55.0 Å². The second-order valence-corrected chi connectivity index (χ2v) is 11.0. The van der Waals surface area contributed by atoms with Crippen molar-refractivity contribution < 1.29 is 24.4 Å². The molecule has 1 aromatic heterocycles. The third-order valence-electron chi connectivity index (χ3n) is 7.88. The zero-order valence-electron chi connectivity index (χ0n) is 24.1. The Morgan fingerprint density at radius 1 is 1.14 bits per heavy atom. The van der Waals surface area contributed by atoms with E-state index in [2.05, 4.69) is 15.3 Å². The maximum absolute atomic E-state index is 13.1. The minimum atomic E-state index is -1.10. The van der Waals surface area contributed by atoms with E-state index in [1.54, 1.807) is 36.5 Å². The van der Waals surface area contributed by atoms with Crippen LogP contribution in [0.15, 0.2) is 48.7 Å². The number of nitrogens with one attached hydrogen (secondary N) is 2. The highest BCUT2D eigenvalue weighted by Crippen LogP contribution is 2.29. The smallest absolute Gasteiger partial charge is 0.339 e. The third kappa shape index (κ3) is 8.64. The van der Waals surface area contributed by atoms with Crippen LogP contribution in [0.2, 0.25) is 0 Å². The number of aromatic amines is 1. The number of nitro benzene ring substituents is 1. The Kier molecular flexibility index (Phi) is 11.1. The number of benzene rings is 2. The van der Waals surface area contributed by atoms with Crippen LogP contribution in [-0.4, -0.2) is 38.5 Å². The van der Waals surface area contributed by atoms with E-state index < -0.39 is 16.9 Å². The van der Waals surface area contributed by atoms with Crippen LogP contribution in [0.4, 0.5) is 5.69 Å². The Morgan fingerprint density at radius 2 is 1.90 bits per heavy atom. The predicted octanol–water partition coefficient (Wildman–Crippen LogP) is 7.01. The Balaban J connectivity index is 1.51. The SMILES string of the molecule is CCCCOc1ccc(C(Cc2ncc(-c3ccc([N+](=O)[O-])cc3)[nH]2)NC(=O)CCCC2CCCCC2)cc1C(=O)O. The first-order valence-corrected chi connectivity index (χ1v) is 14.9. The molecule has 1 saturated carbocycles. The second-order valence-electron chi connectivity index (χ2n) is 11.0. The fourth-order valence-corrected chi connectivity index (χ4v) is 5.50. The summed E-state index contributed by atoms with van der Waals surface area (Å²) >= 11 is 0. The van der Waals surface area contributed by atoms with Crippen LogP contribution in [0.1, 0.15) is 98.9 Å². The molecule has 1 unspecified atom stereocenters. The van der Waals surface area contributed by atoms with Gasteiger partial charge in [0.05, 0.1) is 29.5 Å². The highest BCUT2D eigenvalue weighted by molar-refractivity contribution is 5.91. The molecule has 1 atom stereocenters. The predicted molar refractivity (Wildman–Crippen MR) is 159 cm³/mol. The first kappa shape index (κ1) is 30.7. The molecule has 0 saturated heterocycles. The van der Waals surface area contributed by atoms with Crippen LogP contribution < -0.4 is 10.1 Å². The van der Waals surface area contributed by atoms with Gasteiger partial charge in [-0.15, -0.1) is 0 Å². The largest absolute Gasteiger partial charge is 0.493 e. The van der Waals surface area contributed by atoms with Crippen LogP contribution in [0.25, 0.3) is 11.3 Å². The van der Waals surface area contributed by atoms with Crippen molar-refractivity contribution in [3.05, 3.63) is 75.7 Å².